The number of fused-ring (bicyclic) bond motifs is 2. The third-order valence-corrected chi connectivity index (χ3v) is 12.0. The molecule has 0 saturated carbocycles. The van der Waals surface area contributed by atoms with Crippen LogP contribution in [0.3, 0.4) is 0 Å². The van der Waals surface area contributed by atoms with Gasteiger partial charge in [0, 0.05) is 56.9 Å². The van der Waals surface area contributed by atoms with Crippen LogP contribution in [0.4, 0.5) is 26.1 Å². The lowest BCUT2D eigenvalue weighted by molar-refractivity contribution is -0.126. The lowest BCUT2D eigenvalue weighted by Crippen LogP contribution is -2.46. The van der Waals surface area contributed by atoms with Crippen molar-refractivity contribution in [3.8, 4) is 29.9 Å². The molecule has 0 unspecified atom stereocenters. The quantitative estimate of drug-likeness (QED) is 0.155. The Morgan fingerprint density at radius 2 is 2.07 bits per heavy atom. The minimum absolute atomic E-state index is 0.0196. The van der Waals surface area contributed by atoms with Crippen LogP contribution in [0.1, 0.15) is 55.8 Å². The molecule has 4 aliphatic heterocycles. The number of likely N-dealkylation sites (N-methyl/N-ethyl adjacent to an activating group) is 1. The Hall–Kier alpha value is -5.68. The average molecular weight is 794 g/mol. The Morgan fingerprint density at radius 3 is 2.83 bits per heavy atom. The number of hydrogen-bond acceptors (Lipinski definition) is 11. The highest BCUT2D eigenvalue weighted by Gasteiger charge is 2.44. The molecule has 304 valence electrons. The number of nitrogens with zero attached hydrogens (tertiary/aromatic N) is 7. The first kappa shape index (κ1) is 39.2. The van der Waals surface area contributed by atoms with Crippen molar-refractivity contribution in [3.63, 3.8) is 0 Å². The van der Waals surface area contributed by atoms with E-state index in [9.17, 15) is 9.90 Å². The summed E-state index contributed by atoms with van der Waals surface area (Å²) >= 11 is 0. The summed E-state index contributed by atoms with van der Waals surface area (Å²) in [6.45, 7) is 11.3. The molecule has 58 heavy (non-hydrogen) atoms. The summed E-state index contributed by atoms with van der Waals surface area (Å²) in [5, 5.41) is 11.9. The molecule has 0 radical (unpaired) electrons. The van der Waals surface area contributed by atoms with Crippen molar-refractivity contribution in [3.05, 3.63) is 77.9 Å². The molecule has 1 amide bonds. The number of amides is 1. The van der Waals surface area contributed by atoms with E-state index in [1.165, 1.54) is 12.1 Å². The monoisotopic (exact) mass is 793 g/mol. The highest BCUT2D eigenvalue weighted by molar-refractivity contribution is 5.93. The first-order valence-electron chi connectivity index (χ1n) is 19.9. The van der Waals surface area contributed by atoms with Gasteiger partial charge in [0.25, 0.3) is 0 Å². The molecule has 2 aromatic carbocycles. The average Bonchev–Trinajstić information content (AvgIpc) is 3.81. The fourth-order valence-corrected chi connectivity index (χ4v) is 9.12. The molecule has 8 rings (SSSR count). The van der Waals surface area contributed by atoms with Crippen LogP contribution in [0.5, 0.6) is 17.5 Å². The lowest BCUT2D eigenvalue weighted by atomic mass is 9.87. The van der Waals surface area contributed by atoms with Crippen molar-refractivity contribution >= 4 is 34.0 Å². The van der Waals surface area contributed by atoms with E-state index in [-0.39, 0.29) is 67.4 Å². The minimum atomic E-state index is -1.09. The normalized spacial score (nSPS) is 24.3. The van der Waals surface area contributed by atoms with Crippen molar-refractivity contribution in [2.45, 2.75) is 69.2 Å². The van der Waals surface area contributed by atoms with Crippen molar-refractivity contribution < 1.29 is 32.9 Å². The predicted molar refractivity (Wildman–Crippen MR) is 218 cm³/mol. The first-order chi connectivity index (χ1) is 28.0. The van der Waals surface area contributed by atoms with Crippen LogP contribution in [0.2, 0.25) is 0 Å². The zero-order chi connectivity index (χ0) is 40.7. The van der Waals surface area contributed by atoms with E-state index in [2.05, 4.69) is 24.3 Å². The number of phenolic OH excluding ortho intramolecular Hbond substituents is 1. The number of aromatic hydroxyl groups is 1. The summed E-state index contributed by atoms with van der Waals surface area (Å²) in [5.74, 6) is 3.31. The summed E-state index contributed by atoms with van der Waals surface area (Å²) in [6.07, 6.45) is 10.1. The number of alkyl halides is 1. The second-order valence-electron chi connectivity index (χ2n) is 16.1. The number of terminal acetylenes is 1. The second kappa shape index (κ2) is 15.9. The smallest absolute Gasteiger partial charge is 0.318 e. The van der Waals surface area contributed by atoms with Gasteiger partial charge in [-0.1, -0.05) is 18.6 Å². The molecule has 6 heterocycles. The number of phenols is 1. The highest BCUT2D eigenvalue weighted by Crippen LogP contribution is 2.43. The fourth-order valence-electron chi connectivity index (χ4n) is 9.12. The van der Waals surface area contributed by atoms with Crippen LogP contribution in [0.25, 0.3) is 10.8 Å². The summed E-state index contributed by atoms with van der Waals surface area (Å²) < 4.78 is 48.9. The van der Waals surface area contributed by atoms with Gasteiger partial charge >= 0.3 is 6.01 Å². The maximum absolute atomic E-state index is 15.3. The van der Waals surface area contributed by atoms with Gasteiger partial charge in [0.2, 0.25) is 5.91 Å². The number of morpholine rings is 1. The largest absolute Gasteiger partial charge is 0.508 e. The zero-order valence-corrected chi connectivity index (χ0v) is 33.2. The predicted octanol–water partition coefficient (Wildman–Crippen LogP) is 5.79. The van der Waals surface area contributed by atoms with Gasteiger partial charge in [0.1, 0.15) is 30.2 Å². The van der Waals surface area contributed by atoms with Gasteiger partial charge in [-0.05, 0) is 74.0 Å². The maximum atomic E-state index is 15.3. The van der Waals surface area contributed by atoms with Gasteiger partial charge < -0.3 is 38.9 Å². The van der Waals surface area contributed by atoms with E-state index in [1.54, 1.807) is 24.4 Å². The van der Waals surface area contributed by atoms with Crippen LogP contribution in [0, 0.1) is 18.2 Å². The third kappa shape index (κ3) is 7.43. The van der Waals surface area contributed by atoms with Crippen LogP contribution in [-0.2, 0) is 16.0 Å². The van der Waals surface area contributed by atoms with Crippen molar-refractivity contribution in [2.24, 2.45) is 0 Å². The van der Waals surface area contributed by atoms with E-state index in [1.807, 2.05) is 40.8 Å². The summed E-state index contributed by atoms with van der Waals surface area (Å²) in [4.78, 5) is 35.2. The molecule has 5 atom stereocenters. The number of pyridine rings is 1. The van der Waals surface area contributed by atoms with Crippen molar-refractivity contribution in [1.29, 1.82) is 0 Å². The molecule has 4 aromatic rings. The first-order valence-corrected chi connectivity index (χ1v) is 19.9. The summed E-state index contributed by atoms with van der Waals surface area (Å²) in [7, 11) is 1.89. The Balaban J connectivity index is 1.11. The van der Waals surface area contributed by atoms with E-state index in [0.717, 1.165) is 30.9 Å². The Morgan fingerprint density at radius 1 is 1.22 bits per heavy atom. The number of halogens is 2. The molecule has 0 spiro atoms. The van der Waals surface area contributed by atoms with Gasteiger partial charge in [0.05, 0.1) is 61.1 Å². The molecule has 2 aromatic heterocycles. The van der Waals surface area contributed by atoms with Crippen molar-refractivity contribution in [1.82, 2.24) is 19.9 Å². The van der Waals surface area contributed by atoms with Crippen LogP contribution < -0.4 is 24.2 Å². The number of aromatic nitrogens is 3. The number of benzene rings is 2. The van der Waals surface area contributed by atoms with Crippen LogP contribution in [-0.4, -0.2) is 114 Å². The summed E-state index contributed by atoms with van der Waals surface area (Å²) in [5.41, 5.74) is 1.33. The number of ether oxygens (including phenoxy) is 3. The van der Waals surface area contributed by atoms with E-state index in [0.29, 0.717) is 66.3 Å². The SMILES string of the molecule is C#Cc1c(F)ccc2cc(O)cc([C@H]3COc4c(nc(OC[C@]5(C)C[C@@H](F)CN5c5ccc(N6CCOC[C@H]6C)nc5)nc4N(C)C[C@@H]4CCCN4C(=O)C=C)C3)c12. The molecular formula is C44H49F2N7O5. The number of carbonyl (C=O) groups excluding carboxylic acids is 1. The van der Waals surface area contributed by atoms with Crippen LogP contribution in [0.15, 0.2) is 55.3 Å². The van der Waals surface area contributed by atoms with Gasteiger partial charge in [-0.2, -0.15) is 9.97 Å². The lowest BCUT2D eigenvalue weighted by Gasteiger charge is -2.37. The van der Waals surface area contributed by atoms with Crippen LogP contribution >= 0.6 is 0 Å². The topological polar surface area (TPSA) is 117 Å². The molecule has 0 bridgehead atoms. The maximum Gasteiger partial charge on any atom is 0.318 e. The molecule has 3 fully saturated rings. The van der Waals surface area contributed by atoms with Gasteiger partial charge in [-0.25, -0.2) is 13.8 Å². The van der Waals surface area contributed by atoms with Gasteiger partial charge in [-0.3, -0.25) is 4.79 Å². The molecule has 1 N–H and O–H groups in total. The van der Waals surface area contributed by atoms with Crippen molar-refractivity contribution in [2.75, 3.05) is 74.4 Å². The Labute approximate surface area is 337 Å². The number of likely N-dealkylation sites (tertiary alicyclic amines) is 1. The fraction of sp³-hybridized carbons (Fsp3) is 0.455. The summed E-state index contributed by atoms with van der Waals surface area (Å²) in [6, 6.07) is 10.2. The molecular weight excluding hydrogens is 745 g/mol. The molecule has 14 heteroatoms. The van der Waals surface area contributed by atoms with E-state index >= 15 is 8.78 Å². The number of hydrogen-bond donors (Lipinski definition) is 1. The molecule has 4 aliphatic rings. The zero-order valence-electron chi connectivity index (χ0n) is 33.2. The standard InChI is InChI=1S/C44H49F2N7O5/c1-6-34-36(46)12-10-28-17-33(54)19-35(40(28)34)29-18-37-41(57-25-29)42(50(5)23-32-9-8-14-52(32)39(55)7-2)49-43(48-37)58-26-44(4)20-30(45)22-53(44)31-11-13-38(47-21-31)51-15-16-56-24-27(51)3/h1,7,10-13,17,19,21,27,29-30,32,54H,2,8-9,14-16,18,20,22-26H2,3-5H3/t27-,29-,30-,32+,44+/m1/s1. The Kier molecular flexibility index (Phi) is 10.8. The molecule has 3 saturated heterocycles. The van der Waals surface area contributed by atoms with Gasteiger partial charge in [0.15, 0.2) is 11.6 Å². The highest BCUT2D eigenvalue weighted by atomic mass is 19.1. The second-order valence-corrected chi connectivity index (χ2v) is 16.1. The minimum Gasteiger partial charge on any atom is -0.508 e. The number of anilines is 3. The Bertz CT molecular complexity index is 2250. The molecule has 0 aliphatic carbocycles. The van der Waals surface area contributed by atoms with Gasteiger partial charge in [-0.15, -0.1) is 6.42 Å². The molecule has 12 nitrogen and oxygen atoms in total. The van der Waals surface area contributed by atoms with E-state index < -0.39 is 17.5 Å². The van der Waals surface area contributed by atoms with E-state index in [4.69, 9.17) is 35.6 Å². The third-order valence-electron chi connectivity index (χ3n) is 12.0. The number of rotatable bonds is 10. The number of carbonyl (C=O) groups is 1.